The number of nitrogens with one attached hydrogen (secondary N) is 1. The minimum atomic E-state index is -1.36. The van der Waals surface area contributed by atoms with Gasteiger partial charge in [0.15, 0.2) is 0 Å². The van der Waals surface area contributed by atoms with Gasteiger partial charge in [-0.1, -0.05) is 0 Å². The Hall–Kier alpha value is 0.461. The molecule has 0 unspecified atom stereocenters. The third-order valence-electron chi connectivity index (χ3n) is 2.01. The molecule has 0 heterocycles. The SMILES string of the molecule is CC(=O)[NH][Ti+2]([C]1=CC=CC1)[SiH](C)C.[Cl-].[Cl-]. The van der Waals surface area contributed by atoms with Crippen LogP contribution < -0.4 is 28.6 Å². The normalized spacial score (nSPS) is 12.7. The standard InChI is InChI=1S/C5H5.C2H5NO.C2H7Si.2ClH.Ti/c1-2-4-5-3-1;1-2(3)4;1-3-2;;;/h1-3H,4H2;1H3,(H2,3,4);3H,1-2H3;2*1H;/q;;;;;+3/p-3. The molecule has 85 valence electrons. The fourth-order valence-corrected chi connectivity index (χ4v) is 10.8. The molecule has 2 nitrogen and oxygen atoms in total. The molecule has 1 N–H and O–H groups in total. The predicted molar refractivity (Wildman–Crippen MR) is 54.5 cm³/mol. The molecular formula is C9H16Cl2NOSiTi. The van der Waals surface area contributed by atoms with E-state index in [1.807, 2.05) is 0 Å². The molecule has 1 aliphatic rings. The van der Waals surface area contributed by atoms with Gasteiger partial charge in [-0.25, -0.2) is 0 Å². The van der Waals surface area contributed by atoms with Crippen LogP contribution in [0.4, 0.5) is 0 Å². The van der Waals surface area contributed by atoms with E-state index >= 15 is 0 Å². The van der Waals surface area contributed by atoms with Gasteiger partial charge in [0, 0.05) is 0 Å². The summed E-state index contributed by atoms with van der Waals surface area (Å²) in [6, 6.07) is 0. The molecule has 0 aromatic carbocycles. The molecule has 0 aromatic rings. The number of amides is 1. The Morgan fingerprint density at radius 3 is 2.40 bits per heavy atom. The summed E-state index contributed by atoms with van der Waals surface area (Å²) in [6.45, 7) is 5.64. The molecule has 1 rings (SSSR count). The zero-order valence-electron chi connectivity index (χ0n) is 9.18. The molecule has 1 amide bonds. The number of hydrogen-bond donors (Lipinski definition) is 1. The van der Waals surface area contributed by atoms with E-state index in [-0.39, 0.29) is 30.7 Å². The molecule has 0 spiro atoms. The zero-order chi connectivity index (χ0) is 9.84. The number of hydrogen-bond acceptors (Lipinski definition) is 1. The maximum Gasteiger partial charge on any atom is -1.00 e. The summed E-state index contributed by atoms with van der Waals surface area (Å²) in [5.41, 5.74) is 0. The van der Waals surface area contributed by atoms with Crippen molar-refractivity contribution < 1.29 is 47.0 Å². The Labute approximate surface area is 111 Å². The Morgan fingerprint density at radius 1 is 1.47 bits per heavy atom. The van der Waals surface area contributed by atoms with E-state index in [2.05, 4.69) is 35.1 Å². The first kappa shape index (κ1) is 17.8. The first-order chi connectivity index (χ1) is 6.11. The van der Waals surface area contributed by atoms with Crippen molar-refractivity contribution in [1.29, 1.82) is 0 Å². The largest absolute Gasteiger partial charge is 1.00 e. The molecule has 0 saturated carbocycles. The van der Waals surface area contributed by atoms with E-state index in [1.165, 1.54) is 3.88 Å². The monoisotopic (exact) mass is 300 g/mol. The molecule has 0 aliphatic heterocycles. The van der Waals surface area contributed by atoms with Crippen molar-refractivity contribution in [1.82, 2.24) is 3.80 Å². The van der Waals surface area contributed by atoms with Crippen molar-refractivity contribution in [3.63, 3.8) is 0 Å². The van der Waals surface area contributed by atoms with Crippen LogP contribution in [0.2, 0.25) is 13.1 Å². The smallest absolute Gasteiger partial charge is 1.00 e. The first-order valence-electron chi connectivity index (χ1n) is 4.61. The minimum absolute atomic E-state index is 0. The van der Waals surface area contributed by atoms with Crippen LogP contribution in [0.15, 0.2) is 22.1 Å². The number of rotatable bonds is 3. The third kappa shape index (κ3) is 5.93. The van der Waals surface area contributed by atoms with Crippen LogP contribution in [0, 0.1) is 0 Å². The molecule has 1 aliphatic carbocycles. The van der Waals surface area contributed by atoms with Crippen molar-refractivity contribution in [3.05, 3.63) is 22.1 Å². The summed E-state index contributed by atoms with van der Waals surface area (Å²) in [5.74, 6) is 0.156. The Kier molecular flexibility index (Phi) is 10.2. The van der Waals surface area contributed by atoms with Gasteiger partial charge in [-0.2, -0.15) is 0 Å². The molecule has 6 heteroatoms. The van der Waals surface area contributed by atoms with Gasteiger partial charge in [0.2, 0.25) is 0 Å². The molecule has 0 atom stereocenters. The van der Waals surface area contributed by atoms with E-state index in [0.717, 1.165) is 6.42 Å². The molecule has 0 saturated heterocycles. The molecule has 15 heavy (non-hydrogen) atoms. The molecular weight excluding hydrogens is 285 g/mol. The van der Waals surface area contributed by atoms with Crippen molar-refractivity contribution >= 4 is 12.6 Å². The summed E-state index contributed by atoms with van der Waals surface area (Å²) < 4.78 is 4.74. The summed E-state index contributed by atoms with van der Waals surface area (Å²) in [4.78, 5) is 11.0. The van der Waals surface area contributed by atoms with E-state index < -0.39 is 24.0 Å². The quantitative estimate of drug-likeness (QED) is 0.523. The van der Waals surface area contributed by atoms with Gasteiger partial charge >= 0.3 is 87.1 Å². The summed E-state index contributed by atoms with van der Waals surface area (Å²) in [5, 5.41) is 0. The Bertz CT molecular complexity index is 269. The molecule has 0 bridgehead atoms. The van der Waals surface area contributed by atoms with Gasteiger partial charge in [-0.15, -0.1) is 0 Å². The maximum atomic E-state index is 11.0. The van der Waals surface area contributed by atoms with Gasteiger partial charge in [-0.05, 0) is 0 Å². The van der Waals surface area contributed by atoms with Crippen LogP contribution in [0.3, 0.4) is 0 Å². The summed E-state index contributed by atoms with van der Waals surface area (Å²) in [6.07, 6.45) is 7.58. The second-order valence-corrected chi connectivity index (χ2v) is 16.4. The number of carbonyl (C=O) groups is 1. The number of halogens is 2. The van der Waals surface area contributed by atoms with E-state index in [4.69, 9.17) is 0 Å². The van der Waals surface area contributed by atoms with Crippen molar-refractivity contribution in [2.45, 2.75) is 26.4 Å². The second-order valence-electron chi connectivity index (χ2n) is 3.57. The van der Waals surface area contributed by atoms with Crippen LogP contribution in [0.1, 0.15) is 13.3 Å². The summed E-state index contributed by atoms with van der Waals surface area (Å²) in [7, 11) is 0. The molecule has 0 aromatic heterocycles. The third-order valence-corrected chi connectivity index (χ3v) is 13.3. The fraction of sp³-hybridized carbons (Fsp3) is 0.444. The van der Waals surface area contributed by atoms with Gasteiger partial charge in [-0.3, -0.25) is 0 Å². The summed E-state index contributed by atoms with van der Waals surface area (Å²) >= 11 is -1.36. The predicted octanol–water partition coefficient (Wildman–Crippen LogP) is -4.51. The maximum absolute atomic E-state index is 11.0. The van der Waals surface area contributed by atoms with Crippen molar-refractivity contribution in [2.75, 3.05) is 0 Å². The van der Waals surface area contributed by atoms with E-state index in [1.54, 1.807) is 6.92 Å². The first-order valence-corrected chi connectivity index (χ1v) is 11.8. The van der Waals surface area contributed by atoms with Gasteiger partial charge < -0.3 is 24.8 Å². The average Bonchev–Trinajstić information content (AvgIpc) is 2.50. The molecule has 0 radical (unpaired) electrons. The van der Waals surface area contributed by atoms with Crippen LogP contribution in [0.25, 0.3) is 0 Å². The number of allylic oxidation sites excluding steroid dienone is 4. The molecule has 0 fully saturated rings. The van der Waals surface area contributed by atoms with Crippen molar-refractivity contribution in [2.24, 2.45) is 0 Å². The topological polar surface area (TPSA) is 29.1 Å². The van der Waals surface area contributed by atoms with Gasteiger partial charge in [0.25, 0.3) is 0 Å². The Balaban J connectivity index is 0. The zero-order valence-corrected chi connectivity index (χ0v) is 13.4. The van der Waals surface area contributed by atoms with Crippen LogP contribution in [0.5, 0.6) is 0 Å². The second kappa shape index (κ2) is 8.59. The van der Waals surface area contributed by atoms with Gasteiger partial charge in [0.05, 0.1) is 0 Å². The van der Waals surface area contributed by atoms with Crippen LogP contribution in [-0.4, -0.2) is 12.6 Å². The van der Waals surface area contributed by atoms with Crippen molar-refractivity contribution in [3.8, 4) is 0 Å². The van der Waals surface area contributed by atoms with E-state index in [9.17, 15) is 4.79 Å². The van der Waals surface area contributed by atoms with Crippen LogP contribution in [-0.2, 0) is 22.2 Å². The van der Waals surface area contributed by atoms with Crippen LogP contribution >= 0.6 is 0 Å². The minimum Gasteiger partial charge on any atom is -1.00 e. The van der Waals surface area contributed by atoms with Gasteiger partial charge in [0.1, 0.15) is 0 Å². The Morgan fingerprint density at radius 2 is 2.07 bits per heavy atom. The average molecular weight is 301 g/mol. The van der Waals surface area contributed by atoms with E-state index in [0.29, 0.717) is 0 Å². The number of carbonyl (C=O) groups excluding carboxylic acids is 1. The fourth-order valence-electron chi connectivity index (χ4n) is 1.43.